The Kier molecular flexibility index (Phi) is 3.92. The summed E-state index contributed by atoms with van der Waals surface area (Å²) < 4.78 is 30.4. The molecule has 0 bridgehead atoms. The molecule has 0 atom stereocenters. The second-order valence-corrected chi connectivity index (χ2v) is 9.03. The summed E-state index contributed by atoms with van der Waals surface area (Å²) in [4.78, 5) is 12.0. The normalized spacial score (nSPS) is 14.4. The lowest BCUT2D eigenvalue weighted by Crippen LogP contribution is -2.14. The molecule has 0 amide bonds. The van der Waals surface area contributed by atoms with Gasteiger partial charge in [-0.25, -0.2) is 8.42 Å². The average Bonchev–Trinajstić information content (AvgIpc) is 2.88. The molecule has 5 nitrogen and oxygen atoms in total. The van der Waals surface area contributed by atoms with Crippen molar-refractivity contribution >= 4 is 37.3 Å². The van der Waals surface area contributed by atoms with Gasteiger partial charge in [-0.3, -0.25) is 9.52 Å². The van der Waals surface area contributed by atoms with Gasteiger partial charge in [0.15, 0.2) is 0 Å². The molecular weight excluding hydrogens is 356 g/mol. The fraction of sp³-hybridized carbons (Fsp3) is 0.278. The molecule has 0 saturated carbocycles. The van der Waals surface area contributed by atoms with Crippen molar-refractivity contribution in [1.82, 2.24) is 4.57 Å². The van der Waals surface area contributed by atoms with E-state index in [-0.39, 0.29) is 9.77 Å². The summed E-state index contributed by atoms with van der Waals surface area (Å²) in [6, 6.07) is 10.5. The van der Waals surface area contributed by atoms with Gasteiger partial charge >= 0.3 is 4.87 Å². The zero-order chi connectivity index (χ0) is 17.6. The van der Waals surface area contributed by atoms with Crippen LogP contribution >= 0.6 is 11.3 Å². The fourth-order valence-electron chi connectivity index (χ4n) is 3.29. The lowest BCUT2D eigenvalue weighted by atomic mass is 9.92. The van der Waals surface area contributed by atoms with E-state index < -0.39 is 10.0 Å². The number of nitrogens with one attached hydrogen (secondary N) is 1. The highest BCUT2D eigenvalue weighted by molar-refractivity contribution is 7.92. The molecule has 0 unspecified atom stereocenters. The van der Waals surface area contributed by atoms with E-state index >= 15 is 0 Å². The van der Waals surface area contributed by atoms with Gasteiger partial charge in [-0.15, -0.1) is 0 Å². The summed E-state index contributed by atoms with van der Waals surface area (Å²) in [5.41, 5.74) is 3.64. The summed E-state index contributed by atoms with van der Waals surface area (Å²) in [5.74, 6) is 0. The molecule has 0 fully saturated rings. The number of hydrogen-bond donors (Lipinski definition) is 1. The van der Waals surface area contributed by atoms with Crippen LogP contribution in [0.25, 0.3) is 10.2 Å². The molecule has 0 radical (unpaired) electrons. The topological polar surface area (TPSA) is 68.2 Å². The largest absolute Gasteiger partial charge is 0.307 e. The lowest BCUT2D eigenvalue weighted by Gasteiger charge is -2.17. The standard InChI is InChI=1S/C18H18N2O3S2/c1-20-16-9-7-14(11-17(16)24-18(20)21)19-25(22,23)15-8-6-12-4-2-3-5-13(12)10-15/h6-11,19H,2-5H2,1H3. The Bertz CT molecular complexity index is 1130. The number of thiazole rings is 1. The van der Waals surface area contributed by atoms with Crippen LogP contribution in [0.1, 0.15) is 24.0 Å². The minimum Gasteiger partial charge on any atom is -0.302 e. The van der Waals surface area contributed by atoms with Crippen LogP contribution in [0.5, 0.6) is 0 Å². The molecule has 0 aliphatic heterocycles. The van der Waals surface area contributed by atoms with Gasteiger partial charge in [0, 0.05) is 7.05 Å². The fourth-order valence-corrected chi connectivity index (χ4v) is 5.31. The molecule has 1 N–H and O–H groups in total. The number of aromatic nitrogens is 1. The zero-order valence-electron chi connectivity index (χ0n) is 13.8. The molecule has 2 aromatic carbocycles. The molecule has 0 saturated heterocycles. The predicted molar refractivity (Wildman–Crippen MR) is 101 cm³/mol. The Balaban J connectivity index is 1.68. The highest BCUT2D eigenvalue weighted by Crippen LogP contribution is 2.26. The molecule has 1 aliphatic carbocycles. The maximum atomic E-state index is 12.7. The first kappa shape index (κ1) is 16.4. The van der Waals surface area contributed by atoms with Crippen LogP contribution in [0.4, 0.5) is 5.69 Å². The van der Waals surface area contributed by atoms with Crippen LogP contribution in [0.15, 0.2) is 46.1 Å². The van der Waals surface area contributed by atoms with Crippen molar-refractivity contribution in [2.24, 2.45) is 7.05 Å². The Morgan fingerprint density at radius 3 is 2.60 bits per heavy atom. The van der Waals surface area contributed by atoms with E-state index in [1.165, 1.54) is 5.56 Å². The predicted octanol–water partition coefficient (Wildman–Crippen LogP) is 3.28. The number of benzene rings is 2. The van der Waals surface area contributed by atoms with E-state index in [1.807, 2.05) is 6.07 Å². The second-order valence-electron chi connectivity index (χ2n) is 6.35. The van der Waals surface area contributed by atoms with Gasteiger partial charge in [0.2, 0.25) is 0 Å². The molecule has 130 valence electrons. The molecule has 0 spiro atoms. The Hall–Kier alpha value is -2.12. The van der Waals surface area contributed by atoms with Crippen molar-refractivity contribution in [2.75, 3.05) is 4.72 Å². The van der Waals surface area contributed by atoms with Crippen LogP contribution in [0.3, 0.4) is 0 Å². The highest BCUT2D eigenvalue weighted by atomic mass is 32.2. The van der Waals surface area contributed by atoms with Crippen LogP contribution in [0, 0.1) is 0 Å². The first-order chi connectivity index (χ1) is 11.9. The molecular formula is C18H18N2O3S2. The van der Waals surface area contributed by atoms with Crippen LogP contribution in [-0.2, 0) is 29.9 Å². The Morgan fingerprint density at radius 2 is 1.80 bits per heavy atom. The molecule has 7 heteroatoms. The minimum absolute atomic E-state index is 0.0651. The second kappa shape index (κ2) is 6.00. The monoisotopic (exact) mass is 374 g/mol. The third-order valence-electron chi connectivity index (χ3n) is 4.67. The molecule has 1 aromatic heterocycles. The van der Waals surface area contributed by atoms with E-state index in [9.17, 15) is 13.2 Å². The van der Waals surface area contributed by atoms with Gasteiger partial charge in [0.1, 0.15) is 0 Å². The van der Waals surface area contributed by atoms with E-state index in [4.69, 9.17) is 0 Å². The number of hydrogen-bond acceptors (Lipinski definition) is 4. The number of aryl methyl sites for hydroxylation is 3. The number of rotatable bonds is 3. The third kappa shape index (κ3) is 2.98. The smallest absolute Gasteiger partial charge is 0.302 e. The van der Waals surface area contributed by atoms with Crippen LogP contribution in [0.2, 0.25) is 0 Å². The summed E-state index contributed by atoms with van der Waals surface area (Å²) in [6.07, 6.45) is 4.22. The first-order valence-corrected chi connectivity index (χ1v) is 10.5. The van der Waals surface area contributed by atoms with Crippen LogP contribution < -0.4 is 9.60 Å². The first-order valence-electron chi connectivity index (χ1n) is 8.18. The highest BCUT2D eigenvalue weighted by Gasteiger charge is 2.18. The maximum Gasteiger partial charge on any atom is 0.307 e. The maximum absolute atomic E-state index is 12.7. The summed E-state index contributed by atoms with van der Waals surface area (Å²) in [6.45, 7) is 0. The molecule has 1 heterocycles. The van der Waals surface area contributed by atoms with Crippen molar-refractivity contribution in [3.8, 4) is 0 Å². The van der Waals surface area contributed by atoms with E-state index in [1.54, 1.807) is 41.9 Å². The van der Waals surface area contributed by atoms with E-state index in [0.29, 0.717) is 5.69 Å². The van der Waals surface area contributed by atoms with E-state index in [0.717, 1.165) is 52.8 Å². The van der Waals surface area contributed by atoms with Gasteiger partial charge in [-0.05, 0) is 67.1 Å². The van der Waals surface area contributed by atoms with Gasteiger partial charge in [0.25, 0.3) is 10.0 Å². The van der Waals surface area contributed by atoms with Gasteiger partial charge in [-0.1, -0.05) is 17.4 Å². The average molecular weight is 374 g/mol. The zero-order valence-corrected chi connectivity index (χ0v) is 15.4. The summed E-state index contributed by atoms with van der Waals surface area (Å²) in [7, 11) is -1.94. The number of sulfonamides is 1. The number of anilines is 1. The quantitative estimate of drug-likeness (QED) is 0.765. The van der Waals surface area contributed by atoms with Crippen molar-refractivity contribution in [2.45, 2.75) is 30.6 Å². The number of fused-ring (bicyclic) bond motifs is 2. The van der Waals surface area contributed by atoms with Crippen molar-refractivity contribution < 1.29 is 8.42 Å². The van der Waals surface area contributed by atoms with Crippen molar-refractivity contribution in [3.05, 3.63) is 57.2 Å². The molecule has 25 heavy (non-hydrogen) atoms. The SMILES string of the molecule is Cn1c(=O)sc2cc(NS(=O)(=O)c3ccc4c(c3)CCCC4)ccc21. The van der Waals surface area contributed by atoms with Crippen molar-refractivity contribution in [1.29, 1.82) is 0 Å². The lowest BCUT2D eigenvalue weighted by molar-refractivity contribution is 0.600. The van der Waals surface area contributed by atoms with Gasteiger partial charge in [0.05, 0.1) is 20.8 Å². The molecule has 1 aliphatic rings. The Morgan fingerprint density at radius 1 is 1.04 bits per heavy atom. The van der Waals surface area contributed by atoms with E-state index in [2.05, 4.69) is 4.72 Å². The molecule has 3 aromatic rings. The summed E-state index contributed by atoms with van der Waals surface area (Å²) in [5, 5.41) is 0. The third-order valence-corrected chi connectivity index (χ3v) is 7.05. The summed E-state index contributed by atoms with van der Waals surface area (Å²) >= 11 is 1.11. The number of nitrogens with zero attached hydrogens (tertiary/aromatic N) is 1. The molecule has 4 rings (SSSR count). The Labute approximate surface area is 150 Å². The minimum atomic E-state index is -3.65. The van der Waals surface area contributed by atoms with Crippen LogP contribution in [-0.4, -0.2) is 13.0 Å². The van der Waals surface area contributed by atoms with Crippen molar-refractivity contribution in [3.63, 3.8) is 0 Å². The van der Waals surface area contributed by atoms with Gasteiger partial charge in [-0.2, -0.15) is 0 Å². The van der Waals surface area contributed by atoms with Gasteiger partial charge < -0.3 is 4.57 Å².